The molecule has 4 aromatic rings. The van der Waals surface area contributed by atoms with Gasteiger partial charge in [0.15, 0.2) is 11.0 Å². The second-order valence-electron chi connectivity index (χ2n) is 7.25. The van der Waals surface area contributed by atoms with E-state index in [2.05, 4.69) is 84.2 Å². The van der Waals surface area contributed by atoms with Crippen molar-refractivity contribution in [2.75, 3.05) is 0 Å². The molecule has 0 aliphatic rings. The molecule has 1 heterocycles. The molecule has 0 aliphatic carbocycles. The van der Waals surface area contributed by atoms with Crippen LogP contribution in [-0.4, -0.2) is 4.57 Å². The minimum Gasteiger partial charge on any atom is -0.489 e. The topological polar surface area (TPSA) is 18.0 Å². The van der Waals surface area contributed by atoms with E-state index in [1.807, 2.05) is 24.3 Å². The Bertz CT molecular complexity index is 1130. The number of aryl methyl sites for hydroxylation is 1. The fourth-order valence-corrected chi connectivity index (χ4v) is 3.81. The minimum absolute atomic E-state index is 0.577. The number of nitrogens with zero attached hydrogens (tertiary/aromatic N) is 2. The molecule has 0 saturated heterocycles. The Hall–Kier alpha value is -3.33. The van der Waals surface area contributed by atoms with Crippen molar-refractivity contribution in [2.24, 2.45) is 0 Å². The number of ether oxygens (including phenoxy) is 1. The van der Waals surface area contributed by atoms with E-state index in [0.717, 1.165) is 24.4 Å². The van der Waals surface area contributed by atoms with Crippen LogP contribution in [0.15, 0.2) is 79.4 Å². The Labute approximate surface area is 172 Å². The quantitative estimate of drug-likeness (QED) is 0.384. The predicted molar refractivity (Wildman–Crippen MR) is 119 cm³/mol. The van der Waals surface area contributed by atoms with Crippen LogP contribution < -0.4 is 9.30 Å². The van der Waals surface area contributed by atoms with Gasteiger partial charge in [-0.3, -0.25) is 0 Å². The molecule has 0 bridgehead atoms. The van der Waals surface area contributed by atoms with Gasteiger partial charge in [0.2, 0.25) is 0 Å². The molecule has 0 radical (unpaired) electrons. The standard InChI is InChI=1S/C26H27N2O/c1-4-21-11-13-22(14-12-21)18-28-20(3)27(5-2)26-17-24(15-16-25(26)28)29-19-23-9-7-6-8-10-23/h4,6-17H,1,5,18-19H2,2-3H3/q+1. The molecular weight excluding hydrogens is 356 g/mol. The molecule has 146 valence electrons. The Balaban J connectivity index is 1.64. The lowest BCUT2D eigenvalue weighted by Gasteiger charge is -2.06. The summed E-state index contributed by atoms with van der Waals surface area (Å²) in [7, 11) is 0. The molecule has 0 amide bonds. The number of rotatable bonds is 7. The van der Waals surface area contributed by atoms with E-state index < -0.39 is 0 Å². The molecule has 29 heavy (non-hydrogen) atoms. The van der Waals surface area contributed by atoms with Crippen LogP contribution in [0.1, 0.15) is 29.4 Å². The van der Waals surface area contributed by atoms with E-state index in [-0.39, 0.29) is 0 Å². The van der Waals surface area contributed by atoms with E-state index in [9.17, 15) is 0 Å². The highest BCUT2D eigenvalue weighted by Crippen LogP contribution is 2.22. The zero-order valence-electron chi connectivity index (χ0n) is 17.1. The first-order valence-corrected chi connectivity index (χ1v) is 10.1. The van der Waals surface area contributed by atoms with Crippen molar-refractivity contribution in [2.45, 2.75) is 33.5 Å². The zero-order chi connectivity index (χ0) is 20.2. The van der Waals surface area contributed by atoms with Crippen molar-refractivity contribution >= 4 is 17.1 Å². The average Bonchev–Trinajstić information content (AvgIpc) is 3.03. The SMILES string of the molecule is C=Cc1ccc(C[n+]2c(C)n(CC)c3cc(OCc4ccccc4)ccc32)cc1. The van der Waals surface area contributed by atoms with Crippen molar-refractivity contribution in [3.8, 4) is 5.75 Å². The summed E-state index contributed by atoms with van der Waals surface area (Å²) < 4.78 is 10.8. The van der Waals surface area contributed by atoms with Gasteiger partial charge in [-0.1, -0.05) is 67.3 Å². The van der Waals surface area contributed by atoms with E-state index in [1.54, 1.807) is 0 Å². The van der Waals surface area contributed by atoms with Crippen LogP contribution in [0.4, 0.5) is 0 Å². The van der Waals surface area contributed by atoms with Gasteiger partial charge in [-0.05, 0) is 35.7 Å². The summed E-state index contributed by atoms with van der Waals surface area (Å²) in [6.07, 6.45) is 1.88. The fourth-order valence-electron chi connectivity index (χ4n) is 3.81. The van der Waals surface area contributed by atoms with Crippen LogP contribution in [0.2, 0.25) is 0 Å². The molecule has 0 N–H and O–H groups in total. The Morgan fingerprint density at radius 2 is 1.72 bits per heavy atom. The van der Waals surface area contributed by atoms with Gasteiger partial charge in [0, 0.05) is 13.0 Å². The maximum atomic E-state index is 6.06. The molecule has 0 spiro atoms. The molecule has 3 aromatic carbocycles. The first-order chi connectivity index (χ1) is 14.2. The average molecular weight is 384 g/mol. The molecule has 0 atom stereocenters. The van der Waals surface area contributed by atoms with Crippen molar-refractivity contribution in [3.63, 3.8) is 0 Å². The lowest BCUT2D eigenvalue weighted by atomic mass is 10.1. The second-order valence-corrected chi connectivity index (χ2v) is 7.25. The number of imidazole rings is 1. The monoisotopic (exact) mass is 383 g/mol. The Kier molecular flexibility index (Phi) is 5.48. The van der Waals surface area contributed by atoms with E-state index >= 15 is 0 Å². The highest BCUT2D eigenvalue weighted by atomic mass is 16.5. The van der Waals surface area contributed by atoms with Gasteiger partial charge in [-0.15, -0.1) is 0 Å². The smallest absolute Gasteiger partial charge is 0.254 e. The summed E-state index contributed by atoms with van der Waals surface area (Å²) in [6, 6.07) is 25.3. The molecular formula is C26H27N2O+. The molecule has 0 fully saturated rings. The summed E-state index contributed by atoms with van der Waals surface area (Å²) in [5, 5.41) is 0. The Morgan fingerprint density at radius 1 is 0.966 bits per heavy atom. The molecule has 4 rings (SSSR count). The van der Waals surface area contributed by atoms with Gasteiger partial charge >= 0.3 is 0 Å². The van der Waals surface area contributed by atoms with Gasteiger partial charge in [0.1, 0.15) is 18.9 Å². The maximum Gasteiger partial charge on any atom is 0.254 e. The first-order valence-electron chi connectivity index (χ1n) is 10.1. The molecule has 0 unspecified atom stereocenters. The molecule has 1 aromatic heterocycles. The third-order valence-electron chi connectivity index (χ3n) is 5.43. The molecule has 0 saturated carbocycles. The summed E-state index contributed by atoms with van der Waals surface area (Å²) in [6.45, 7) is 10.6. The van der Waals surface area contributed by atoms with Crippen LogP contribution in [0.5, 0.6) is 5.75 Å². The number of benzene rings is 3. The summed E-state index contributed by atoms with van der Waals surface area (Å²) in [5.41, 5.74) is 6.03. The van der Waals surface area contributed by atoms with E-state index in [0.29, 0.717) is 6.61 Å². The van der Waals surface area contributed by atoms with Crippen LogP contribution in [-0.2, 0) is 19.7 Å². The minimum atomic E-state index is 0.577. The normalized spacial score (nSPS) is 11.0. The predicted octanol–water partition coefficient (Wildman–Crippen LogP) is 5.53. The molecule has 3 heteroatoms. The molecule has 0 aliphatic heterocycles. The van der Waals surface area contributed by atoms with E-state index in [1.165, 1.54) is 28.0 Å². The van der Waals surface area contributed by atoms with Gasteiger partial charge < -0.3 is 4.74 Å². The van der Waals surface area contributed by atoms with Crippen LogP contribution in [0.3, 0.4) is 0 Å². The van der Waals surface area contributed by atoms with Gasteiger partial charge in [-0.25, -0.2) is 9.13 Å². The number of hydrogen-bond donors (Lipinski definition) is 0. The number of aromatic nitrogens is 2. The molecule has 3 nitrogen and oxygen atoms in total. The maximum absolute atomic E-state index is 6.06. The van der Waals surface area contributed by atoms with Gasteiger partial charge in [0.05, 0.1) is 6.54 Å². The van der Waals surface area contributed by atoms with Gasteiger partial charge in [-0.2, -0.15) is 0 Å². The van der Waals surface area contributed by atoms with Gasteiger partial charge in [0.25, 0.3) is 5.82 Å². The second kappa shape index (κ2) is 8.36. The highest BCUT2D eigenvalue weighted by Gasteiger charge is 2.21. The van der Waals surface area contributed by atoms with Crippen LogP contribution in [0.25, 0.3) is 17.1 Å². The van der Waals surface area contributed by atoms with Crippen molar-refractivity contribution in [3.05, 3.63) is 102 Å². The zero-order valence-corrected chi connectivity index (χ0v) is 17.1. The largest absolute Gasteiger partial charge is 0.489 e. The summed E-state index contributed by atoms with van der Waals surface area (Å²) in [5.74, 6) is 2.14. The van der Waals surface area contributed by atoms with Crippen LogP contribution in [0, 0.1) is 6.92 Å². The van der Waals surface area contributed by atoms with Crippen molar-refractivity contribution in [1.82, 2.24) is 4.57 Å². The van der Waals surface area contributed by atoms with E-state index in [4.69, 9.17) is 4.74 Å². The number of hydrogen-bond acceptors (Lipinski definition) is 1. The highest BCUT2D eigenvalue weighted by molar-refractivity contribution is 5.74. The fraction of sp³-hybridized carbons (Fsp3) is 0.192. The lowest BCUT2D eigenvalue weighted by Crippen LogP contribution is -2.37. The summed E-state index contributed by atoms with van der Waals surface area (Å²) >= 11 is 0. The third kappa shape index (κ3) is 3.95. The van der Waals surface area contributed by atoms with Crippen molar-refractivity contribution < 1.29 is 9.30 Å². The Morgan fingerprint density at radius 3 is 2.41 bits per heavy atom. The third-order valence-corrected chi connectivity index (χ3v) is 5.43. The van der Waals surface area contributed by atoms with Crippen LogP contribution >= 0.6 is 0 Å². The summed E-state index contributed by atoms with van der Waals surface area (Å²) in [4.78, 5) is 0. The first kappa shape index (κ1) is 19.0. The lowest BCUT2D eigenvalue weighted by molar-refractivity contribution is -0.669. The van der Waals surface area contributed by atoms with Crippen molar-refractivity contribution in [1.29, 1.82) is 0 Å². The number of fused-ring (bicyclic) bond motifs is 1.